The van der Waals surface area contributed by atoms with Crippen molar-refractivity contribution in [1.82, 2.24) is 25.5 Å². The fourth-order valence-electron chi connectivity index (χ4n) is 2.20. The predicted molar refractivity (Wildman–Crippen MR) is 66.5 cm³/mol. The Morgan fingerprint density at radius 1 is 1.41 bits per heavy atom. The SMILES string of the molecule is CCC1CC1n1nnnc1C(C)NCC(C)C. The molecule has 1 aliphatic rings. The van der Waals surface area contributed by atoms with E-state index in [-0.39, 0.29) is 6.04 Å². The van der Waals surface area contributed by atoms with Gasteiger partial charge in [0, 0.05) is 0 Å². The standard InChI is InChI=1S/C12H23N5/c1-5-10-6-11(10)17-12(14-15-16-17)9(4)13-7-8(2)3/h8-11,13H,5-7H2,1-4H3. The molecule has 1 N–H and O–H groups in total. The molecule has 2 rings (SSSR count). The molecule has 0 radical (unpaired) electrons. The number of tetrazole rings is 1. The van der Waals surface area contributed by atoms with Gasteiger partial charge in [-0.2, -0.15) is 0 Å². The van der Waals surface area contributed by atoms with Crippen LogP contribution in [0.4, 0.5) is 0 Å². The fraction of sp³-hybridized carbons (Fsp3) is 0.917. The van der Waals surface area contributed by atoms with Gasteiger partial charge < -0.3 is 5.32 Å². The zero-order valence-corrected chi connectivity index (χ0v) is 11.2. The maximum atomic E-state index is 4.16. The highest BCUT2D eigenvalue weighted by Gasteiger charge is 2.40. The summed E-state index contributed by atoms with van der Waals surface area (Å²) in [5.41, 5.74) is 0. The molecule has 1 aromatic heterocycles. The van der Waals surface area contributed by atoms with E-state index in [0.29, 0.717) is 12.0 Å². The topological polar surface area (TPSA) is 55.6 Å². The molecular weight excluding hydrogens is 214 g/mol. The Labute approximate surface area is 103 Å². The lowest BCUT2D eigenvalue weighted by atomic mass is 10.2. The van der Waals surface area contributed by atoms with Crippen molar-refractivity contribution in [1.29, 1.82) is 0 Å². The van der Waals surface area contributed by atoms with Crippen molar-refractivity contribution >= 4 is 0 Å². The first-order valence-electron chi connectivity index (χ1n) is 6.64. The molecule has 1 fully saturated rings. The molecule has 5 nitrogen and oxygen atoms in total. The van der Waals surface area contributed by atoms with E-state index in [9.17, 15) is 0 Å². The first-order chi connectivity index (χ1) is 8.13. The molecule has 0 bridgehead atoms. The van der Waals surface area contributed by atoms with Gasteiger partial charge in [0.1, 0.15) is 0 Å². The lowest BCUT2D eigenvalue weighted by Gasteiger charge is -2.15. The Balaban J connectivity index is 1.99. The molecule has 3 unspecified atom stereocenters. The van der Waals surface area contributed by atoms with Crippen LogP contribution >= 0.6 is 0 Å². The Morgan fingerprint density at radius 2 is 2.18 bits per heavy atom. The van der Waals surface area contributed by atoms with Gasteiger partial charge in [0.25, 0.3) is 0 Å². The van der Waals surface area contributed by atoms with E-state index in [0.717, 1.165) is 18.3 Å². The van der Waals surface area contributed by atoms with Crippen LogP contribution < -0.4 is 5.32 Å². The molecule has 5 heteroatoms. The average Bonchev–Trinajstić information content (AvgIpc) is 2.93. The molecule has 0 amide bonds. The summed E-state index contributed by atoms with van der Waals surface area (Å²) >= 11 is 0. The van der Waals surface area contributed by atoms with Crippen LogP contribution in [0, 0.1) is 11.8 Å². The average molecular weight is 237 g/mol. The molecule has 17 heavy (non-hydrogen) atoms. The van der Waals surface area contributed by atoms with Crippen LogP contribution in [0.25, 0.3) is 0 Å². The van der Waals surface area contributed by atoms with E-state index in [1.165, 1.54) is 12.8 Å². The minimum Gasteiger partial charge on any atom is -0.307 e. The second-order valence-corrected chi connectivity index (χ2v) is 5.48. The molecular formula is C12H23N5. The van der Waals surface area contributed by atoms with Crippen LogP contribution in [0.15, 0.2) is 0 Å². The third kappa shape index (κ3) is 2.83. The van der Waals surface area contributed by atoms with Gasteiger partial charge in [-0.05, 0) is 42.2 Å². The lowest BCUT2D eigenvalue weighted by molar-refractivity contribution is 0.447. The minimum atomic E-state index is 0.227. The van der Waals surface area contributed by atoms with Crippen molar-refractivity contribution in [3.8, 4) is 0 Å². The van der Waals surface area contributed by atoms with E-state index < -0.39 is 0 Å². The Kier molecular flexibility index (Phi) is 3.76. The van der Waals surface area contributed by atoms with Crippen LogP contribution in [-0.2, 0) is 0 Å². The van der Waals surface area contributed by atoms with Gasteiger partial charge in [-0.15, -0.1) is 5.10 Å². The van der Waals surface area contributed by atoms with Gasteiger partial charge >= 0.3 is 0 Å². The van der Waals surface area contributed by atoms with Crippen LogP contribution in [0.5, 0.6) is 0 Å². The van der Waals surface area contributed by atoms with Crippen molar-refractivity contribution in [2.24, 2.45) is 11.8 Å². The summed E-state index contributed by atoms with van der Waals surface area (Å²) in [4.78, 5) is 0. The number of aromatic nitrogens is 4. The predicted octanol–water partition coefficient (Wildman–Crippen LogP) is 1.95. The summed E-state index contributed by atoms with van der Waals surface area (Å²) in [7, 11) is 0. The van der Waals surface area contributed by atoms with Crippen molar-refractivity contribution in [2.75, 3.05) is 6.54 Å². The third-order valence-corrected chi connectivity index (χ3v) is 3.46. The first-order valence-corrected chi connectivity index (χ1v) is 6.64. The summed E-state index contributed by atoms with van der Waals surface area (Å²) in [6, 6.07) is 0.763. The van der Waals surface area contributed by atoms with Gasteiger partial charge in [-0.25, -0.2) is 4.68 Å². The molecule has 96 valence electrons. The third-order valence-electron chi connectivity index (χ3n) is 3.46. The highest BCUT2D eigenvalue weighted by atomic mass is 15.6. The van der Waals surface area contributed by atoms with Crippen LogP contribution in [-0.4, -0.2) is 26.8 Å². The minimum absolute atomic E-state index is 0.227. The highest BCUT2D eigenvalue weighted by molar-refractivity contribution is 4.99. The second kappa shape index (κ2) is 5.12. The lowest BCUT2D eigenvalue weighted by Crippen LogP contribution is -2.26. The molecule has 0 spiro atoms. The smallest absolute Gasteiger partial charge is 0.168 e. The molecule has 1 aromatic rings. The summed E-state index contributed by atoms with van der Waals surface area (Å²) in [5.74, 6) is 2.40. The summed E-state index contributed by atoms with van der Waals surface area (Å²) < 4.78 is 2.02. The maximum Gasteiger partial charge on any atom is 0.168 e. The van der Waals surface area contributed by atoms with Crippen LogP contribution in [0.2, 0.25) is 0 Å². The number of hydrogen-bond donors (Lipinski definition) is 1. The van der Waals surface area contributed by atoms with Crippen molar-refractivity contribution < 1.29 is 0 Å². The number of rotatable bonds is 6. The fourth-order valence-corrected chi connectivity index (χ4v) is 2.20. The van der Waals surface area contributed by atoms with Gasteiger partial charge in [0.2, 0.25) is 0 Å². The Bertz CT molecular complexity index is 360. The molecule has 0 aliphatic heterocycles. The van der Waals surface area contributed by atoms with E-state index >= 15 is 0 Å². The number of nitrogens with zero attached hydrogens (tertiary/aromatic N) is 4. The molecule has 0 aromatic carbocycles. The highest BCUT2D eigenvalue weighted by Crippen LogP contribution is 2.45. The normalized spacial score (nSPS) is 25.2. The van der Waals surface area contributed by atoms with E-state index in [4.69, 9.17) is 0 Å². The molecule has 1 heterocycles. The maximum absolute atomic E-state index is 4.16. The zero-order valence-electron chi connectivity index (χ0n) is 11.2. The zero-order chi connectivity index (χ0) is 12.4. The first kappa shape index (κ1) is 12.5. The largest absolute Gasteiger partial charge is 0.307 e. The quantitative estimate of drug-likeness (QED) is 0.821. The monoisotopic (exact) mass is 237 g/mol. The summed E-state index contributed by atoms with van der Waals surface area (Å²) in [5, 5.41) is 15.6. The molecule has 0 saturated heterocycles. The van der Waals surface area contributed by atoms with E-state index in [2.05, 4.69) is 48.5 Å². The number of hydrogen-bond acceptors (Lipinski definition) is 4. The van der Waals surface area contributed by atoms with Gasteiger partial charge in [-0.1, -0.05) is 27.2 Å². The van der Waals surface area contributed by atoms with Crippen LogP contribution in [0.3, 0.4) is 0 Å². The van der Waals surface area contributed by atoms with Gasteiger partial charge in [0.05, 0.1) is 12.1 Å². The Hall–Kier alpha value is -0.970. The van der Waals surface area contributed by atoms with E-state index in [1.54, 1.807) is 0 Å². The van der Waals surface area contributed by atoms with Crippen LogP contribution in [0.1, 0.15) is 58.4 Å². The Morgan fingerprint density at radius 3 is 2.76 bits per heavy atom. The van der Waals surface area contributed by atoms with Crippen molar-refractivity contribution in [3.63, 3.8) is 0 Å². The van der Waals surface area contributed by atoms with Crippen molar-refractivity contribution in [2.45, 2.75) is 52.6 Å². The number of nitrogens with one attached hydrogen (secondary N) is 1. The van der Waals surface area contributed by atoms with Gasteiger partial charge in [-0.3, -0.25) is 0 Å². The van der Waals surface area contributed by atoms with Gasteiger partial charge in [0.15, 0.2) is 5.82 Å². The van der Waals surface area contributed by atoms with Crippen molar-refractivity contribution in [3.05, 3.63) is 5.82 Å². The summed E-state index contributed by atoms with van der Waals surface area (Å²) in [6.45, 7) is 9.77. The molecule has 3 atom stereocenters. The molecule has 1 aliphatic carbocycles. The second-order valence-electron chi connectivity index (χ2n) is 5.48. The van der Waals surface area contributed by atoms with E-state index in [1.807, 2.05) is 4.68 Å². The molecule has 1 saturated carbocycles. The summed E-state index contributed by atoms with van der Waals surface area (Å²) in [6.07, 6.45) is 2.45.